The Morgan fingerprint density at radius 1 is 1.28 bits per heavy atom. The fourth-order valence-electron chi connectivity index (χ4n) is 4.74. The van der Waals surface area contributed by atoms with Gasteiger partial charge in [-0.15, -0.1) is 0 Å². The zero-order valence-electron chi connectivity index (χ0n) is 19.4. The Morgan fingerprint density at radius 3 is 2.56 bits per heavy atom. The first-order valence-corrected chi connectivity index (χ1v) is 13.1. The summed E-state index contributed by atoms with van der Waals surface area (Å²) in [5, 5.41) is 3.26. The van der Waals surface area contributed by atoms with Crippen LogP contribution in [0.15, 0.2) is 33.2 Å². The number of alkyl halides is 3. The number of piperidine rings is 1. The van der Waals surface area contributed by atoms with Crippen molar-refractivity contribution in [3.63, 3.8) is 0 Å². The summed E-state index contributed by atoms with van der Waals surface area (Å²) < 4.78 is 53.1. The van der Waals surface area contributed by atoms with Crippen molar-refractivity contribution in [2.45, 2.75) is 44.5 Å². The molecule has 0 radical (unpaired) electrons. The molecule has 13 heteroatoms. The van der Waals surface area contributed by atoms with E-state index >= 15 is 0 Å². The summed E-state index contributed by atoms with van der Waals surface area (Å²) in [7, 11) is 0. The standard InChI is InChI=1S/C23H26Br2F3N5O3/c1-2-35-20(34)15-11-22(12-30-15)6-8-33(9-7-22)16-10-17(32-21(29)31-16)36-19(23(26,27)28)18-13(24)4-3-5-14(18)25/h3-5,10,15,19,30H,2,6-9,11-12H2,1H3,(H2,29,31,32)/t15-,19+/m0/s1. The summed E-state index contributed by atoms with van der Waals surface area (Å²) in [6.45, 7) is 4.03. The molecule has 0 amide bonds. The first-order valence-electron chi connectivity index (χ1n) is 11.5. The summed E-state index contributed by atoms with van der Waals surface area (Å²) in [4.78, 5) is 22.2. The van der Waals surface area contributed by atoms with E-state index in [0.29, 0.717) is 38.5 Å². The van der Waals surface area contributed by atoms with Gasteiger partial charge in [-0.2, -0.15) is 23.1 Å². The molecule has 8 nitrogen and oxygen atoms in total. The van der Waals surface area contributed by atoms with Gasteiger partial charge in [0.25, 0.3) is 0 Å². The van der Waals surface area contributed by atoms with E-state index < -0.39 is 12.3 Å². The van der Waals surface area contributed by atoms with Crippen molar-refractivity contribution in [2.75, 3.05) is 36.9 Å². The lowest BCUT2D eigenvalue weighted by atomic mass is 9.76. The van der Waals surface area contributed by atoms with Gasteiger partial charge >= 0.3 is 12.1 Å². The number of nitrogens with two attached hydrogens (primary N) is 1. The van der Waals surface area contributed by atoms with Crippen molar-refractivity contribution in [2.24, 2.45) is 5.41 Å². The quantitative estimate of drug-likeness (QED) is 0.437. The van der Waals surface area contributed by atoms with Crippen LogP contribution in [-0.4, -0.2) is 54.4 Å². The molecule has 0 saturated carbocycles. The van der Waals surface area contributed by atoms with Gasteiger partial charge in [0.2, 0.25) is 17.9 Å². The van der Waals surface area contributed by atoms with Crippen LogP contribution in [0.25, 0.3) is 0 Å². The van der Waals surface area contributed by atoms with Crippen LogP contribution >= 0.6 is 31.9 Å². The van der Waals surface area contributed by atoms with Crippen molar-refractivity contribution in [3.05, 3.63) is 38.8 Å². The number of halogens is 5. The van der Waals surface area contributed by atoms with Crippen LogP contribution in [0.2, 0.25) is 0 Å². The van der Waals surface area contributed by atoms with Gasteiger partial charge in [-0.1, -0.05) is 37.9 Å². The van der Waals surface area contributed by atoms with E-state index in [2.05, 4.69) is 47.1 Å². The number of esters is 1. The van der Waals surface area contributed by atoms with Gasteiger partial charge in [0, 0.05) is 40.2 Å². The van der Waals surface area contributed by atoms with E-state index in [1.165, 1.54) is 18.2 Å². The summed E-state index contributed by atoms with van der Waals surface area (Å²) in [6, 6.07) is 5.70. The number of ether oxygens (including phenoxy) is 2. The van der Waals surface area contributed by atoms with Crippen LogP contribution in [0, 0.1) is 5.41 Å². The molecule has 0 aliphatic carbocycles. The number of hydrogen-bond acceptors (Lipinski definition) is 8. The Bertz CT molecular complexity index is 1090. The average molecular weight is 637 g/mol. The molecule has 2 aliphatic rings. The highest BCUT2D eigenvalue weighted by molar-refractivity contribution is 9.11. The Hall–Kier alpha value is -2.12. The molecule has 196 valence electrons. The van der Waals surface area contributed by atoms with Gasteiger partial charge in [-0.25, -0.2) is 0 Å². The maximum absolute atomic E-state index is 14.0. The Balaban J connectivity index is 1.50. The van der Waals surface area contributed by atoms with Crippen molar-refractivity contribution in [1.29, 1.82) is 0 Å². The molecule has 2 atom stereocenters. The Kier molecular flexibility index (Phi) is 8.01. The zero-order valence-corrected chi connectivity index (χ0v) is 22.6. The molecule has 3 N–H and O–H groups in total. The van der Waals surface area contributed by atoms with Gasteiger partial charge in [0.05, 0.1) is 6.61 Å². The lowest BCUT2D eigenvalue weighted by Crippen LogP contribution is -2.41. The SMILES string of the molecule is CCOC(=O)[C@@H]1CC2(CCN(c3cc(O[C@H](c4c(Br)cccc4Br)C(F)(F)F)nc(N)n3)CC2)CN1. The maximum Gasteiger partial charge on any atom is 0.429 e. The lowest BCUT2D eigenvalue weighted by molar-refractivity contribution is -0.199. The minimum absolute atomic E-state index is 0.0426. The number of aromatic nitrogens is 2. The van der Waals surface area contributed by atoms with E-state index in [1.807, 2.05) is 4.90 Å². The molecule has 36 heavy (non-hydrogen) atoms. The molecular weight excluding hydrogens is 611 g/mol. The Labute approximate surface area is 223 Å². The number of rotatable bonds is 6. The third-order valence-electron chi connectivity index (χ3n) is 6.58. The van der Waals surface area contributed by atoms with E-state index in [4.69, 9.17) is 15.2 Å². The second-order valence-electron chi connectivity index (χ2n) is 8.97. The number of nitrogens with zero attached hydrogens (tertiary/aromatic N) is 3. The van der Waals surface area contributed by atoms with Crippen molar-refractivity contribution in [3.8, 4) is 5.88 Å². The monoisotopic (exact) mass is 635 g/mol. The maximum atomic E-state index is 14.0. The van der Waals surface area contributed by atoms with Gasteiger partial charge < -0.3 is 25.4 Å². The number of nitrogen functional groups attached to an aromatic ring is 1. The topological polar surface area (TPSA) is 103 Å². The molecule has 2 aliphatic heterocycles. The summed E-state index contributed by atoms with van der Waals surface area (Å²) >= 11 is 6.37. The van der Waals surface area contributed by atoms with Crippen LogP contribution in [0.3, 0.4) is 0 Å². The molecule has 0 unspecified atom stereocenters. The first kappa shape index (κ1) is 26.9. The molecule has 2 aromatic rings. The number of nitrogens with one attached hydrogen (secondary N) is 1. The van der Waals surface area contributed by atoms with Crippen LogP contribution in [0.5, 0.6) is 5.88 Å². The van der Waals surface area contributed by atoms with E-state index in [9.17, 15) is 18.0 Å². The first-order chi connectivity index (χ1) is 17.0. The highest BCUT2D eigenvalue weighted by Crippen LogP contribution is 2.44. The van der Waals surface area contributed by atoms with Crippen LogP contribution in [-0.2, 0) is 9.53 Å². The Morgan fingerprint density at radius 2 is 1.94 bits per heavy atom. The van der Waals surface area contributed by atoms with Gasteiger partial charge in [-0.3, -0.25) is 4.79 Å². The van der Waals surface area contributed by atoms with E-state index in [-0.39, 0.29) is 43.8 Å². The molecule has 3 heterocycles. The molecule has 4 rings (SSSR count). The van der Waals surface area contributed by atoms with Crippen LogP contribution in [0.4, 0.5) is 24.9 Å². The van der Waals surface area contributed by atoms with Gasteiger partial charge in [0.1, 0.15) is 11.9 Å². The van der Waals surface area contributed by atoms with Crippen molar-refractivity contribution < 1.29 is 27.4 Å². The van der Waals surface area contributed by atoms with E-state index in [0.717, 1.165) is 12.8 Å². The molecule has 2 fully saturated rings. The minimum Gasteiger partial charge on any atom is -0.465 e. The van der Waals surface area contributed by atoms with Crippen molar-refractivity contribution >= 4 is 49.6 Å². The minimum atomic E-state index is -4.71. The van der Waals surface area contributed by atoms with Gasteiger partial charge in [-0.05, 0) is 43.7 Å². The lowest BCUT2D eigenvalue weighted by Gasteiger charge is -2.39. The largest absolute Gasteiger partial charge is 0.465 e. The second-order valence-corrected chi connectivity index (χ2v) is 10.7. The predicted octanol–water partition coefficient (Wildman–Crippen LogP) is 4.78. The zero-order chi connectivity index (χ0) is 26.1. The van der Waals surface area contributed by atoms with Crippen LogP contribution in [0.1, 0.15) is 37.9 Å². The third-order valence-corrected chi connectivity index (χ3v) is 7.97. The average Bonchev–Trinajstić information content (AvgIpc) is 3.21. The highest BCUT2D eigenvalue weighted by atomic mass is 79.9. The fraction of sp³-hybridized carbons (Fsp3) is 0.522. The molecule has 1 aromatic carbocycles. The molecular formula is C23H26Br2F3N5O3. The molecule has 1 spiro atoms. The van der Waals surface area contributed by atoms with Gasteiger partial charge in [0.15, 0.2) is 0 Å². The number of hydrogen-bond donors (Lipinski definition) is 2. The smallest absolute Gasteiger partial charge is 0.429 e. The second kappa shape index (κ2) is 10.7. The molecule has 1 aromatic heterocycles. The molecule has 2 saturated heterocycles. The number of carbonyl (C=O) groups excluding carboxylic acids is 1. The summed E-state index contributed by atoms with van der Waals surface area (Å²) in [6.07, 6.45) is -4.74. The predicted molar refractivity (Wildman–Crippen MR) is 135 cm³/mol. The number of anilines is 2. The highest BCUT2D eigenvalue weighted by Gasteiger charge is 2.46. The normalized spacial score (nSPS) is 20.4. The molecule has 0 bridgehead atoms. The van der Waals surface area contributed by atoms with Crippen LogP contribution < -0.4 is 20.7 Å². The number of carbonyl (C=O) groups is 1. The number of benzene rings is 1. The fourth-order valence-corrected chi connectivity index (χ4v) is 6.16. The van der Waals surface area contributed by atoms with E-state index in [1.54, 1.807) is 13.0 Å². The summed E-state index contributed by atoms with van der Waals surface area (Å²) in [5.74, 6) is -0.294. The third kappa shape index (κ3) is 5.88. The summed E-state index contributed by atoms with van der Waals surface area (Å²) in [5.41, 5.74) is 5.71. The van der Waals surface area contributed by atoms with Crippen molar-refractivity contribution in [1.82, 2.24) is 15.3 Å².